The number of aryl methyl sites for hydroxylation is 1. The van der Waals surface area contributed by atoms with Gasteiger partial charge in [0.25, 0.3) is 0 Å². The van der Waals surface area contributed by atoms with E-state index in [0.29, 0.717) is 11.5 Å². The van der Waals surface area contributed by atoms with Gasteiger partial charge in [-0.05, 0) is 43.5 Å². The Labute approximate surface area is 138 Å². The first-order valence-corrected chi connectivity index (χ1v) is 7.68. The molecule has 0 spiro atoms. The molecule has 24 heavy (non-hydrogen) atoms. The van der Waals surface area contributed by atoms with Gasteiger partial charge < -0.3 is 14.4 Å². The zero-order chi connectivity index (χ0) is 17.5. The van der Waals surface area contributed by atoms with Crippen LogP contribution in [0.4, 0.5) is 4.39 Å². The van der Waals surface area contributed by atoms with Crippen molar-refractivity contribution in [1.82, 2.24) is 4.90 Å². The maximum atomic E-state index is 13.1. The molecule has 1 fully saturated rings. The first-order valence-electron chi connectivity index (χ1n) is 7.68. The minimum atomic E-state index is -1.05. The van der Waals surface area contributed by atoms with Gasteiger partial charge >= 0.3 is 5.97 Å². The minimum Gasteiger partial charge on any atom is -0.478 e. The summed E-state index contributed by atoms with van der Waals surface area (Å²) in [6.07, 6.45) is 1.44. The lowest BCUT2D eigenvalue weighted by molar-refractivity contribution is -0.133. The molecule has 1 aliphatic rings. The lowest BCUT2D eigenvalue weighted by atomic mass is 9.94. The van der Waals surface area contributed by atoms with Crippen molar-refractivity contribution in [3.05, 3.63) is 58.8 Å². The fourth-order valence-electron chi connectivity index (χ4n) is 3.02. The molecule has 3 rings (SSSR count). The maximum Gasteiger partial charge on any atom is 0.339 e. The van der Waals surface area contributed by atoms with E-state index in [4.69, 9.17) is 9.52 Å². The van der Waals surface area contributed by atoms with Gasteiger partial charge in [0.15, 0.2) is 0 Å². The van der Waals surface area contributed by atoms with E-state index in [2.05, 4.69) is 0 Å². The zero-order valence-corrected chi connectivity index (χ0v) is 13.5. The summed E-state index contributed by atoms with van der Waals surface area (Å²) in [4.78, 5) is 25.4. The van der Waals surface area contributed by atoms with Gasteiger partial charge in [-0.3, -0.25) is 4.79 Å². The van der Waals surface area contributed by atoms with Crippen LogP contribution in [0.3, 0.4) is 0 Å². The van der Waals surface area contributed by atoms with Crippen LogP contribution in [0.2, 0.25) is 0 Å². The number of carboxylic acid groups (broad SMARTS) is 1. The Morgan fingerprint density at radius 1 is 1.29 bits per heavy atom. The zero-order valence-electron chi connectivity index (χ0n) is 13.5. The fraction of sp³-hybridized carbons (Fsp3) is 0.333. The Bertz CT molecular complexity index is 790. The van der Waals surface area contributed by atoms with Crippen molar-refractivity contribution < 1.29 is 23.5 Å². The number of carboxylic acids is 1. The van der Waals surface area contributed by atoms with E-state index in [0.717, 1.165) is 18.4 Å². The van der Waals surface area contributed by atoms with E-state index in [1.807, 2.05) is 0 Å². The Morgan fingerprint density at radius 2 is 1.92 bits per heavy atom. The van der Waals surface area contributed by atoms with Crippen LogP contribution in [0.15, 0.2) is 34.7 Å². The van der Waals surface area contributed by atoms with E-state index in [1.165, 1.54) is 23.1 Å². The quantitative estimate of drug-likeness (QED) is 0.914. The number of furan rings is 1. The van der Waals surface area contributed by atoms with Crippen LogP contribution in [0.1, 0.15) is 40.3 Å². The van der Waals surface area contributed by atoms with Gasteiger partial charge in [0, 0.05) is 7.05 Å². The Hall–Kier alpha value is -2.63. The number of amides is 1. The molecule has 1 heterocycles. The van der Waals surface area contributed by atoms with E-state index in [-0.39, 0.29) is 23.8 Å². The summed E-state index contributed by atoms with van der Waals surface area (Å²) >= 11 is 0. The number of rotatable bonds is 5. The van der Waals surface area contributed by atoms with Crippen molar-refractivity contribution in [2.75, 3.05) is 7.05 Å². The molecular weight excluding hydrogens is 313 g/mol. The van der Waals surface area contributed by atoms with Gasteiger partial charge in [0.05, 0.1) is 12.0 Å². The molecule has 0 unspecified atom stereocenters. The number of aromatic carboxylic acids is 1. The van der Waals surface area contributed by atoms with Crippen LogP contribution in [-0.2, 0) is 16.8 Å². The van der Waals surface area contributed by atoms with Crippen molar-refractivity contribution in [2.24, 2.45) is 0 Å². The Morgan fingerprint density at radius 3 is 2.42 bits per heavy atom. The maximum absolute atomic E-state index is 13.1. The average molecular weight is 331 g/mol. The summed E-state index contributed by atoms with van der Waals surface area (Å²) in [7, 11) is 1.66. The predicted octanol–water partition coefficient (Wildman–Crippen LogP) is 3.12. The van der Waals surface area contributed by atoms with Gasteiger partial charge in [-0.1, -0.05) is 12.1 Å². The smallest absolute Gasteiger partial charge is 0.339 e. The van der Waals surface area contributed by atoms with Crippen LogP contribution >= 0.6 is 0 Å². The molecule has 0 bridgehead atoms. The SMILES string of the molecule is Cc1oc(CN(C)C(=O)C2(c3ccc(F)cc3)CC2)cc1C(=O)O. The summed E-state index contributed by atoms with van der Waals surface area (Å²) in [5.41, 5.74) is 0.313. The third-order valence-corrected chi connectivity index (χ3v) is 4.50. The minimum absolute atomic E-state index is 0.0694. The van der Waals surface area contributed by atoms with E-state index in [9.17, 15) is 14.0 Å². The van der Waals surface area contributed by atoms with Gasteiger partial charge in [-0.15, -0.1) is 0 Å². The molecule has 5 nitrogen and oxygen atoms in total. The fourth-order valence-corrected chi connectivity index (χ4v) is 3.02. The number of hydrogen-bond acceptors (Lipinski definition) is 3. The molecule has 1 aliphatic carbocycles. The molecule has 0 radical (unpaired) electrons. The Balaban J connectivity index is 1.76. The molecular formula is C18H18FNO4. The van der Waals surface area contributed by atoms with Gasteiger partial charge in [-0.25, -0.2) is 9.18 Å². The number of carbonyl (C=O) groups excluding carboxylic acids is 1. The molecule has 6 heteroatoms. The standard InChI is InChI=1S/C18H18FNO4/c1-11-15(16(21)22)9-14(24-11)10-20(2)17(23)18(7-8-18)12-3-5-13(19)6-4-12/h3-6,9H,7-8,10H2,1-2H3,(H,21,22). The number of benzene rings is 1. The van der Waals surface area contributed by atoms with Crippen LogP contribution in [0.5, 0.6) is 0 Å². The number of likely N-dealkylation sites (N-methyl/N-ethyl adjacent to an activating group) is 1. The van der Waals surface area contributed by atoms with Crippen molar-refractivity contribution in [1.29, 1.82) is 0 Å². The van der Waals surface area contributed by atoms with Gasteiger partial charge in [0.2, 0.25) is 5.91 Å². The van der Waals surface area contributed by atoms with Gasteiger partial charge in [0.1, 0.15) is 22.9 Å². The van der Waals surface area contributed by atoms with Crippen molar-refractivity contribution in [2.45, 2.75) is 31.7 Å². The molecule has 1 saturated carbocycles. The first kappa shape index (κ1) is 16.2. The number of halogens is 1. The van der Waals surface area contributed by atoms with E-state index in [1.54, 1.807) is 26.1 Å². The molecule has 1 N–H and O–H groups in total. The third kappa shape index (κ3) is 2.79. The highest BCUT2D eigenvalue weighted by molar-refractivity contribution is 5.91. The molecule has 1 aromatic carbocycles. The summed E-state index contributed by atoms with van der Waals surface area (Å²) < 4.78 is 18.5. The van der Waals surface area contributed by atoms with Crippen molar-refractivity contribution >= 4 is 11.9 Å². The highest BCUT2D eigenvalue weighted by Gasteiger charge is 2.52. The van der Waals surface area contributed by atoms with Crippen molar-refractivity contribution in [3.8, 4) is 0 Å². The van der Waals surface area contributed by atoms with E-state index >= 15 is 0 Å². The second kappa shape index (κ2) is 5.78. The van der Waals surface area contributed by atoms with Crippen LogP contribution in [-0.4, -0.2) is 28.9 Å². The molecule has 0 aliphatic heterocycles. The van der Waals surface area contributed by atoms with Crippen LogP contribution in [0, 0.1) is 12.7 Å². The lowest BCUT2D eigenvalue weighted by Gasteiger charge is -2.23. The number of carbonyl (C=O) groups is 2. The van der Waals surface area contributed by atoms with Crippen molar-refractivity contribution in [3.63, 3.8) is 0 Å². The van der Waals surface area contributed by atoms with E-state index < -0.39 is 11.4 Å². The van der Waals surface area contributed by atoms with Crippen LogP contribution < -0.4 is 0 Å². The monoisotopic (exact) mass is 331 g/mol. The summed E-state index contributed by atoms with van der Waals surface area (Å²) in [6, 6.07) is 7.45. The molecule has 0 saturated heterocycles. The molecule has 1 aromatic heterocycles. The summed E-state index contributed by atoms with van der Waals surface area (Å²) in [6.45, 7) is 1.77. The topological polar surface area (TPSA) is 70.8 Å². The highest BCUT2D eigenvalue weighted by atomic mass is 19.1. The molecule has 2 aromatic rings. The summed E-state index contributed by atoms with van der Waals surface area (Å²) in [5.74, 6) is -0.710. The number of nitrogens with zero attached hydrogens (tertiary/aromatic N) is 1. The summed E-state index contributed by atoms with van der Waals surface area (Å²) in [5, 5.41) is 9.06. The Kier molecular flexibility index (Phi) is 3.91. The molecule has 0 atom stereocenters. The normalized spacial score (nSPS) is 15.1. The molecule has 126 valence electrons. The predicted molar refractivity (Wildman–Crippen MR) is 84.2 cm³/mol. The van der Waals surface area contributed by atoms with Crippen LogP contribution in [0.25, 0.3) is 0 Å². The second-order valence-electron chi connectivity index (χ2n) is 6.24. The largest absolute Gasteiger partial charge is 0.478 e. The average Bonchev–Trinajstić information content (AvgIpc) is 3.25. The lowest BCUT2D eigenvalue weighted by Crippen LogP contribution is -2.36. The van der Waals surface area contributed by atoms with Gasteiger partial charge in [-0.2, -0.15) is 0 Å². The second-order valence-corrected chi connectivity index (χ2v) is 6.24. The third-order valence-electron chi connectivity index (χ3n) is 4.50. The highest BCUT2D eigenvalue weighted by Crippen LogP contribution is 2.49. The first-order chi connectivity index (χ1) is 11.3. The number of hydrogen-bond donors (Lipinski definition) is 1. The molecule has 1 amide bonds.